The largest absolute Gasteiger partial charge is 0.405 e. The molecule has 1 amide bonds. The highest BCUT2D eigenvalue weighted by atomic mass is 19.4. The van der Waals surface area contributed by atoms with Crippen molar-refractivity contribution in [3.05, 3.63) is 0 Å². The van der Waals surface area contributed by atoms with Crippen LogP contribution in [0.25, 0.3) is 0 Å². The summed E-state index contributed by atoms with van der Waals surface area (Å²) < 4.78 is 35.9. The molecule has 3 nitrogen and oxygen atoms in total. The molecular formula is C10H17F3N2O. The molecular weight excluding hydrogens is 221 g/mol. The molecule has 0 atom stereocenters. The highest BCUT2D eigenvalue weighted by molar-refractivity contribution is 5.83. The molecule has 0 bridgehead atoms. The highest BCUT2D eigenvalue weighted by Gasteiger charge is 2.39. The number of halogens is 3. The van der Waals surface area contributed by atoms with Gasteiger partial charge in [0.2, 0.25) is 5.91 Å². The van der Waals surface area contributed by atoms with Crippen LogP contribution in [0.3, 0.4) is 0 Å². The molecule has 3 N–H and O–H groups in total. The lowest BCUT2D eigenvalue weighted by Gasteiger charge is -2.34. The summed E-state index contributed by atoms with van der Waals surface area (Å²) in [4.78, 5) is 11.7. The van der Waals surface area contributed by atoms with E-state index in [4.69, 9.17) is 5.73 Å². The molecule has 0 heterocycles. The van der Waals surface area contributed by atoms with E-state index in [0.717, 1.165) is 19.3 Å². The third-order valence-electron chi connectivity index (χ3n) is 3.13. The minimum Gasteiger partial charge on any atom is -0.346 e. The number of carbonyl (C=O) groups excluding carboxylic acids is 1. The van der Waals surface area contributed by atoms with Gasteiger partial charge in [0.15, 0.2) is 0 Å². The Kier molecular flexibility index (Phi) is 4.18. The molecule has 0 aliphatic heterocycles. The molecule has 1 aliphatic rings. The van der Waals surface area contributed by atoms with Crippen molar-refractivity contribution in [1.29, 1.82) is 0 Å². The summed E-state index contributed by atoms with van der Waals surface area (Å²) in [5.41, 5.74) is 4.76. The molecule has 94 valence electrons. The van der Waals surface area contributed by atoms with Crippen molar-refractivity contribution in [3.8, 4) is 0 Å². The van der Waals surface area contributed by atoms with Crippen LogP contribution in [-0.4, -0.2) is 25.2 Å². The summed E-state index contributed by atoms with van der Waals surface area (Å²) in [6, 6.07) is 0. The van der Waals surface area contributed by atoms with Gasteiger partial charge in [0.05, 0.1) is 5.41 Å². The minimum absolute atomic E-state index is 0.122. The fourth-order valence-corrected chi connectivity index (χ4v) is 2.12. The molecule has 0 spiro atoms. The molecule has 1 aliphatic carbocycles. The topological polar surface area (TPSA) is 55.1 Å². The molecule has 0 saturated heterocycles. The average molecular weight is 238 g/mol. The van der Waals surface area contributed by atoms with E-state index in [2.05, 4.69) is 0 Å². The fourth-order valence-electron chi connectivity index (χ4n) is 2.12. The Morgan fingerprint density at radius 3 is 2.25 bits per heavy atom. The van der Waals surface area contributed by atoms with Gasteiger partial charge in [-0.2, -0.15) is 13.2 Å². The van der Waals surface area contributed by atoms with Gasteiger partial charge in [-0.3, -0.25) is 4.79 Å². The monoisotopic (exact) mass is 238 g/mol. The second kappa shape index (κ2) is 5.03. The summed E-state index contributed by atoms with van der Waals surface area (Å²) in [5.74, 6) is -0.549. The number of carbonyl (C=O) groups is 1. The van der Waals surface area contributed by atoms with E-state index in [1.54, 1.807) is 0 Å². The van der Waals surface area contributed by atoms with Gasteiger partial charge in [-0.25, -0.2) is 0 Å². The van der Waals surface area contributed by atoms with Crippen molar-refractivity contribution in [2.75, 3.05) is 13.1 Å². The molecule has 0 aromatic heterocycles. The Morgan fingerprint density at radius 1 is 1.25 bits per heavy atom. The smallest absolute Gasteiger partial charge is 0.346 e. The minimum atomic E-state index is -4.36. The summed E-state index contributed by atoms with van der Waals surface area (Å²) in [5, 5.41) is 1.94. The molecule has 6 heteroatoms. The highest BCUT2D eigenvalue weighted by Crippen LogP contribution is 2.35. The van der Waals surface area contributed by atoms with E-state index in [1.807, 2.05) is 5.32 Å². The van der Waals surface area contributed by atoms with Crippen LogP contribution >= 0.6 is 0 Å². The van der Waals surface area contributed by atoms with Crippen LogP contribution in [0.2, 0.25) is 0 Å². The summed E-state index contributed by atoms with van der Waals surface area (Å²) in [6.07, 6.45) is -0.442. The quantitative estimate of drug-likeness (QED) is 0.784. The van der Waals surface area contributed by atoms with Gasteiger partial charge in [-0.1, -0.05) is 19.3 Å². The maximum Gasteiger partial charge on any atom is 0.405 e. The van der Waals surface area contributed by atoms with Gasteiger partial charge in [0.1, 0.15) is 6.54 Å². The van der Waals surface area contributed by atoms with Gasteiger partial charge < -0.3 is 11.1 Å². The molecule has 1 rings (SSSR count). The number of alkyl halides is 3. The molecule has 16 heavy (non-hydrogen) atoms. The third kappa shape index (κ3) is 3.37. The number of nitrogens with two attached hydrogens (primary N) is 1. The van der Waals surface area contributed by atoms with Crippen LogP contribution in [-0.2, 0) is 4.79 Å². The summed E-state index contributed by atoms with van der Waals surface area (Å²) >= 11 is 0. The van der Waals surface area contributed by atoms with Crippen LogP contribution in [0.5, 0.6) is 0 Å². The molecule has 0 radical (unpaired) electrons. The number of amides is 1. The predicted octanol–water partition coefficient (Wildman–Crippen LogP) is 1.57. The van der Waals surface area contributed by atoms with Crippen molar-refractivity contribution in [2.45, 2.75) is 38.3 Å². The zero-order chi connectivity index (χ0) is 12.2. The molecule has 0 aromatic carbocycles. The van der Waals surface area contributed by atoms with Crippen molar-refractivity contribution in [3.63, 3.8) is 0 Å². The van der Waals surface area contributed by atoms with Gasteiger partial charge in [0, 0.05) is 6.54 Å². The lowest BCUT2D eigenvalue weighted by molar-refractivity contribution is -0.145. The normalized spacial score (nSPS) is 20.5. The number of nitrogens with one attached hydrogen (secondary N) is 1. The lowest BCUT2D eigenvalue weighted by atomic mass is 9.73. The van der Waals surface area contributed by atoms with E-state index in [9.17, 15) is 18.0 Å². The number of hydrogen-bond acceptors (Lipinski definition) is 2. The van der Waals surface area contributed by atoms with Crippen molar-refractivity contribution < 1.29 is 18.0 Å². The maximum atomic E-state index is 12.0. The zero-order valence-electron chi connectivity index (χ0n) is 9.07. The van der Waals surface area contributed by atoms with Crippen molar-refractivity contribution in [2.24, 2.45) is 11.1 Å². The summed E-state index contributed by atoms with van der Waals surface area (Å²) in [6.45, 7) is -1.15. The number of rotatable bonds is 3. The van der Waals surface area contributed by atoms with E-state index >= 15 is 0 Å². The Morgan fingerprint density at radius 2 is 1.81 bits per heavy atom. The first-order chi connectivity index (χ1) is 7.40. The van der Waals surface area contributed by atoms with Crippen LogP contribution in [0.4, 0.5) is 13.2 Å². The van der Waals surface area contributed by atoms with Gasteiger partial charge in [-0.05, 0) is 12.8 Å². The molecule has 0 aromatic rings. The Hall–Kier alpha value is -0.780. The SMILES string of the molecule is NCC1(C(=O)NCC(F)(F)F)CCCCC1. The summed E-state index contributed by atoms with van der Waals surface area (Å²) in [7, 11) is 0. The van der Waals surface area contributed by atoms with Crippen LogP contribution in [0.15, 0.2) is 0 Å². The van der Waals surface area contributed by atoms with Crippen LogP contribution in [0.1, 0.15) is 32.1 Å². The van der Waals surface area contributed by atoms with E-state index in [0.29, 0.717) is 12.8 Å². The maximum absolute atomic E-state index is 12.0. The second-order valence-electron chi connectivity index (χ2n) is 4.34. The van der Waals surface area contributed by atoms with Crippen molar-refractivity contribution in [1.82, 2.24) is 5.32 Å². The van der Waals surface area contributed by atoms with E-state index in [-0.39, 0.29) is 6.54 Å². The van der Waals surface area contributed by atoms with Crippen LogP contribution in [0, 0.1) is 5.41 Å². The predicted molar refractivity (Wildman–Crippen MR) is 53.6 cm³/mol. The molecule has 0 unspecified atom stereocenters. The van der Waals surface area contributed by atoms with Gasteiger partial charge >= 0.3 is 6.18 Å². The van der Waals surface area contributed by atoms with Crippen LogP contribution < -0.4 is 11.1 Å². The number of hydrogen-bond donors (Lipinski definition) is 2. The van der Waals surface area contributed by atoms with E-state index in [1.165, 1.54) is 0 Å². The second-order valence-corrected chi connectivity index (χ2v) is 4.34. The first kappa shape index (κ1) is 13.3. The lowest BCUT2D eigenvalue weighted by Crippen LogP contribution is -2.49. The first-order valence-electron chi connectivity index (χ1n) is 5.45. The Balaban J connectivity index is 2.55. The van der Waals surface area contributed by atoms with E-state index < -0.39 is 24.0 Å². The zero-order valence-corrected chi connectivity index (χ0v) is 9.07. The van der Waals surface area contributed by atoms with Gasteiger partial charge in [0.25, 0.3) is 0 Å². The average Bonchev–Trinajstić information content (AvgIpc) is 2.25. The molecule has 1 saturated carbocycles. The first-order valence-corrected chi connectivity index (χ1v) is 5.45. The van der Waals surface area contributed by atoms with Gasteiger partial charge in [-0.15, -0.1) is 0 Å². The Labute approximate surface area is 92.6 Å². The third-order valence-corrected chi connectivity index (χ3v) is 3.13. The standard InChI is InChI=1S/C10H17F3N2O/c11-10(12,13)7-15-8(16)9(6-14)4-2-1-3-5-9/h1-7,14H2,(H,15,16). The fraction of sp³-hybridized carbons (Fsp3) is 0.900. The van der Waals surface area contributed by atoms with Crippen molar-refractivity contribution >= 4 is 5.91 Å². The Bertz CT molecular complexity index is 247. The molecule has 1 fully saturated rings.